The van der Waals surface area contributed by atoms with Crippen molar-refractivity contribution in [2.24, 2.45) is 5.10 Å². The molecule has 3 aliphatic heterocycles. The number of thioether (sulfide) groups is 1. The maximum Gasteiger partial charge on any atom is 0.189 e. The normalized spacial score (nSPS) is 24.5. The van der Waals surface area contributed by atoms with Crippen molar-refractivity contribution in [1.82, 2.24) is 20.8 Å². The van der Waals surface area contributed by atoms with Gasteiger partial charge in [-0.15, -0.1) is 0 Å². The number of hydrogen-bond donors (Lipinski definition) is 2. The average molecular weight is 420 g/mol. The van der Waals surface area contributed by atoms with Crippen molar-refractivity contribution in [3.05, 3.63) is 82.2 Å². The van der Waals surface area contributed by atoms with Gasteiger partial charge in [-0.3, -0.25) is 5.43 Å². The van der Waals surface area contributed by atoms with Crippen molar-refractivity contribution >= 4 is 16.9 Å². The largest absolute Gasteiger partial charge is 0.306 e. The van der Waals surface area contributed by atoms with E-state index in [1.807, 2.05) is 0 Å². The van der Waals surface area contributed by atoms with Crippen LogP contribution in [0, 0.1) is 27.7 Å². The highest BCUT2D eigenvalue weighted by Gasteiger charge is 2.44. The lowest BCUT2D eigenvalue weighted by molar-refractivity contribution is 0.152. The molecular weight excluding hydrogens is 390 g/mol. The van der Waals surface area contributed by atoms with E-state index >= 15 is 0 Å². The predicted octanol–water partition coefficient (Wildman–Crippen LogP) is 4.46. The quantitative estimate of drug-likeness (QED) is 0.769. The van der Waals surface area contributed by atoms with E-state index in [0.717, 1.165) is 17.3 Å². The molecule has 5 nitrogen and oxygen atoms in total. The molecule has 6 heteroatoms. The van der Waals surface area contributed by atoms with Gasteiger partial charge in [0.15, 0.2) is 5.17 Å². The Hall–Kier alpha value is -2.44. The minimum Gasteiger partial charge on any atom is -0.306 e. The number of hydrazine groups is 1. The Bertz CT molecular complexity index is 1030. The lowest BCUT2D eigenvalue weighted by Gasteiger charge is -2.36. The van der Waals surface area contributed by atoms with Gasteiger partial charge in [0.2, 0.25) is 0 Å². The van der Waals surface area contributed by atoms with Crippen molar-refractivity contribution in [1.29, 1.82) is 0 Å². The van der Waals surface area contributed by atoms with Gasteiger partial charge in [-0.2, -0.15) is 5.10 Å². The highest BCUT2D eigenvalue weighted by atomic mass is 32.2. The highest BCUT2D eigenvalue weighted by molar-refractivity contribution is 8.13. The van der Waals surface area contributed by atoms with E-state index in [1.165, 1.54) is 33.4 Å². The minimum absolute atomic E-state index is 0.167. The molecule has 0 saturated carbocycles. The summed E-state index contributed by atoms with van der Waals surface area (Å²) < 4.78 is 0. The standard InChI is InChI=1S/C24H29N5S/c1-15-5-6-17(3)20(11-15)14-30-24-26-25-23-22-13-21(27-29(22)10-9-28(23)24)19-8-7-16(2)18(4)12-19/h5-12,21-23,25,27H,13-14H2,1-4H3. The van der Waals surface area contributed by atoms with E-state index in [4.69, 9.17) is 0 Å². The van der Waals surface area contributed by atoms with E-state index in [-0.39, 0.29) is 6.17 Å². The molecule has 156 valence electrons. The van der Waals surface area contributed by atoms with E-state index in [9.17, 15) is 0 Å². The molecule has 0 radical (unpaired) electrons. The Morgan fingerprint density at radius 2 is 1.83 bits per heavy atom. The number of hydrogen-bond acceptors (Lipinski definition) is 6. The highest BCUT2D eigenvalue weighted by Crippen LogP contribution is 2.36. The van der Waals surface area contributed by atoms with Crippen LogP contribution >= 0.6 is 11.8 Å². The molecule has 0 spiro atoms. The molecule has 2 N–H and O–H groups in total. The van der Waals surface area contributed by atoms with Crippen LogP contribution in [0.4, 0.5) is 0 Å². The fourth-order valence-electron chi connectivity index (χ4n) is 4.45. The molecule has 0 bridgehead atoms. The molecule has 1 fully saturated rings. The van der Waals surface area contributed by atoms with E-state index < -0.39 is 0 Å². The van der Waals surface area contributed by atoms with Crippen LogP contribution in [0.3, 0.4) is 0 Å². The molecule has 3 unspecified atom stereocenters. The van der Waals surface area contributed by atoms with Crippen LogP contribution < -0.4 is 10.9 Å². The molecule has 0 aliphatic carbocycles. The summed E-state index contributed by atoms with van der Waals surface area (Å²) in [6.07, 6.45) is 5.51. The molecule has 2 aromatic rings. The third-order valence-corrected chi connectivity index (χ3v) is 7.52. The second kappa shape index (κ2) is 7.67. The van der Waals surface area contributed by atoms with Gasteiger partial charge in [-0.05, 0) is 61.9 Å². The van der Waals surface area contributed by atoms with E-state index in [1.54, 1.807) is 11.8 Å². The van der Waals surface area contributed by atoms with Crippen molar-refractivity contribution < 1.29 is 0 Å². The van der Waals surface area contributed by atoms with Crippen molar-refractivity contribution in [2.45, 2.75) is 58.1 Å². The summed E-state index contributed by atoms with van der Waals surface area (Å²) in [5, 5.41) is 7.98. The van der Waals surface area contributed by atoms with Crippen molar-refractivity contribution in [3.63, 3.8) is 0 Å². The monoisotopic (exact) mass is 419 g/mol. The maximum absolute atomic E-state index is 4.68. The summed E-state index contributed by atoms with van der Waals surface area (Å²) in [6.45, 7) is 8.69. The second-order valence-corrected chi connectivity index (χ2v) is 9.57. The SMILES string of the molecule is Cc1ccc(C)c(CSC2=NNC3C4CC(c5ccc(C)c(C)c5)NN4C=CN23)c1. The molecule has 5 rings (SSSR count). The number of nitrogens with one attached hydrogen (secondary N) is 2. The summed E-state index contributed by atoms with van der Waals surface area (Å²) in [5.41, 5.74) is 15.2. The molecule has 3 heterocycles. The third-order valence-electron chi connectivity index (χ3n) is 6.50. The first-order valence-corrected chi connectivity index (χ1v) is 11.6. The molecule has 1 saturated heterocycles. The number of amidine groups is 1. The van der Waals surface area contributed by atoms with Gasteiger partial charge in [0.25, 0.3) is 0 Å². The molecule has 3 aliphatic rings. The van der Waals surface area contributed by atoms with Gasteiger partial charge in [0, 0.05) is 18.2 Å². The van der Waals surface area contributed by atoms with Crippen molar-refractivity contribution in [3.8, 4) is 0 Å². The smallest absolute Gasteiger partial charge is 0.189 e. The number of aryl methyl sites for hydroxylation is 4. The summed E-state index contributed by atoms with van der Waals surface area (Å²) in [5.74, 6) is 0.934. The fraction of sp³-hybridized carbons (Fsp3) is 0.375. The van der Waals surface area contributed by atoms with Crippen LogP contribution in [0.1, 0.15) is 45.8 Å². The number of nitrogens with zero attached hydrogens (tertiary/aromatic N) is 3. The molecule has 0 amide bonds. The Balaban J connectivity index is 1.27. The minimum atomic E-state index is 0.167. The summed E-state index contributed by atoms with van der Waals surface area (Å²) in [7, 11) is 0. The Labute approximate surface area is 183 Å². The zero-order valence-corrected chi connectivity index (χ0v) is 18.8. The van der Waals surface area contributed by atoms with Gasteiger partial charge in [-0.1, -0.05) is 53.7 Å². The number of benzene rings is 2. The lowest BCUT2D eigenvalue weighted by atomic mass is 9.97. The number of hydrazone groups is 1. The van der Waals surface area contributed by atoms with Crippen LogP contribution in [0.5, 0.6) is 0 Å². The number of fused-ring (bicyclic) bond motifs is 3. The van der Waals surface area contributed by atoms with E-state index in [2.05, 4.69) is 102 Å². The molecule has 0 aromatic heterocycles. The molecule has 30 heavy (non-hydrogen) atoms. The summed E-state index contributed by atoms with van der Waals surface area (Å²) in [4.78, 5) is 2.29. The average Bonchev–Trinajstić information content (AvgIpc) is 3.34. The van der Waals surface area contributed by atoms with Crippen LogP contribution in [-0.2, 0) is 5.75 Å². The van der Waals surface area contributed by atoms with Gasteiger partial charge in [0.1, 0.15) is 6.17 Å². The first-order chi connectivity index (χ1) is 14.5. The van der Waals surface area contributed by atoms with Gasteiger partial charge in [0.05, 0.1) is 12.1 Å². The maximum atomic E-state index is 4.68. The van der Waals surface area contributed by atoms with Crippen LogP contribution in [0.2, 0.25) is 0 Å². The third kappa shape index (κ3) is 3.48. The van der Waals surface area contributed by atoms with Crippen LogP contribution in [0.25, 0.3) is 0 Å². The topological polar surface area (TPSA) is 42.9 Å². The summed E-state index contributed by atoms with van der Waals surface area (Å²) in [6, 6.07) is 14.1. The second-order valence-electron chi connectivity index (χ2n) is 8.63. The van der Waals surface area contributed by atoms with Gasteiger partial charge in [-0.25, -0.2) is 5.43 Å². The zero-order valence-electron chi connectivity index (χ0n) is 18.0. The van der Waals surface area contributed by atoms with Crippen LogP contribution in [0.15, 0.2) is 53.9 Å². The predicted molar refractivity (Wildman–Crippen MR) is 125 cm³/mol. The first-order valence-electron chi connectivity index (χ1n) is 10.6. The molecular formula is C24H29N5S. The van der Waals surface area contributed by atoms with Gasteiger partial charge >= 0.3 is 0 Å². The Morgan fingerprint density at radius 1 is 1.00 bits per heavy atom. The Kier molecular flexibility index (Phi) is 4.99. The zero-order chi connectivity index (χ0) is 20.8. The van der Waals surface area contributed by atoms with Crippen LogP contribution in [-0.4, -0.2) is 27.3 Å². The summed E-state index contributed by atoms with van der Waals surface area (Å²) >= 11 is 1.80. The molecule has 2 aromatic carbocycles. The molecule has 3 atom stereocenters. The lowest BCUT2D eigenvalue weighted by Crippen LogP contribution is -2.54. The van der Waals surface area contributed by atoms with Gasteiger partial charge < -0.3 is 9.91 Å². The first kappa shape index (κ1) is 19.5. The van der Waals surface area contributed by atoms with Crippen molar-refractivity contribution in [2.75, 3.05) is 0 Å². The van der Waals surface area contributed by atoms with E-state index in [0.29, 0.717) is 12.1 Å². The Morgan fingerprint density at radius 3 is 2.67 bits per heavy atom. The number of rotatable bonds is 3. The fourth-order valence-corrected chi connectivity index (χ4v) is 5.48.